The number of morpholine rings is 1. The van der Waals surface area contributed by atoms with Gasteiger partial charge in [0.05, 0.1) is 37.7 Å². The quantitative estimate of drug-likeness (QED) is 0.347. The van der Waals surface area contributed by atoms with Crippen molar-refractivity contribution in [3.05, 3.63) is 42.1 Å². The number of rotatable bonds is 12. The van der Waals surface area contributed by atoms with Gasteiger partial charge in [-0.3, -0.25) is 4.79 Å². The zero-order chi connectivity index (χ0) is 35.5. The van der Waals surface area contributed by atoms with E-state index in [1.165, 1.54) is 28.8 Å². The molecule has 4 fully saturated rings. The topological polar surface area (TPSA) is 130 Å². The zero-order valence-electron chi connectivity index (χ0n) is 29.7. The minimum Gasteiger partial charge on any atom is -0.451 e. The van der Waals surface area contributed by atoms with Crippen LogP contribution in [0.2, 0.25) is 0 Å². The second-order valence-corrected chi connectivity index (χ2v) is 16.4. The lowest BCUT2D eigenvalue weighted by Gasteiger charge is -2.54. The van der Waals surface area contributed by atoms with Gasteiger partial charge in [0, 0.05) is 56.3 Å². The maximum atomic E-state index is 14.4. The third-order valence-electron chi connectivity index (χ3n) is 10.4. The molecule has 4 aliphatic heterocycles. The van der Waals surface area contributed by atoms with Crippen molar-refractivity contribution in [3.63, 3.8) is 0 Å². The minimum atomic E-state index is -3.52. The molecule has 15 heteroatoms. The van der Waals surface area contributed by atoms with Crippen LogP contribution in [0.1, 0.15) is 70.2 Å². The summed E-state index contributed by atoms with van der Waals surface area (Å²) >= 11 is 0. The number of halogens is 1. The van der Waals surface area contributed by atoms with Crippen LogP contribution in [0.15, 0.2) is 30.7 Å². The summed E-state index contributed by atoms with van der Waals surface area (Å²) in [5.74, 6) is 0.585. The number of nitrogens with one attached hydrogen (secondary N) is 1. The summed E-state index contributed by atoms with van der Waals surface area (Å²) in [6.45, 7) is 14.5. The molecule has 0 radical (unpaired) electrons. The Bertz CT molecular complexity index is 1560. The predicted molar refractivity (Wildman–Crippen MR) is 187 cm³/mol. The Labute approximate surface area is 295 Å². The Hall–Kier alpha value is -2.95. The highest BCUT2D eigenvalue weighted by Crippen LogP contribution is 2.45. The Morgan fingerprint density at radius 1 is 1.08 bits per heavy atom. The molecule has 5 heterocycles. The Balaban J connectivity index is 0.973. The monoisotopic (exact) mass is 717 g/mol. The van der Waals surface area contributed by atoms with Crippen molar-refractivity contribution in [2.75, 3.05) is 70.5 Å². The lowest BCUT2D eigenvalue weighted by atomic mass is 9.72. The largest absolute Gasteiger partial charge is 0.451 e. The standard InChI is InChI=1S/C35H52FN7O6S/c1-25(2)43(26(3)4)34(44)30-19-27(36)5-8-31(30)49-32-20-37-24-38-33(32)41-22-35(23-41)10-13-40(14-11-35)12-9-29-7-6-28(21-48-29)39-50(45,46)42-15-17-47-18-16-42/h5,8,19-20,24-26,28-29,39H,6-7,9-18,21-23H2,1-4H3/t28-,29+/m1/s1. The molecule has 4 saturated heterocycles. The number of likely N-dealkylation sites (tertiary alicyclic amines) is 1. The first-order valence-corrected chi connectivity index (χ1v) is 19.4. The second-order valence-electron chi connectivity index (χ2n) is 14.7. The number of ether oxygens (including phenoxy) is 3. The summed E-state index contributed by atoms with van der Waals surface area (Å²) in [5, 5.41) is 0. The SMILES string of the molecule is CC(C)N(C(=O)c1cc(F)ccc1Oc1cncnc1N1CC2(CCN(CC[C@@H]3CC[C@@H](NS(=O)(=O)N4CCOCC4)CO3)CC2)C1)C(C)C. The molecule has 1 N–H and O–H groups in total. The van der Waals surface area contributed by atoms with E-state index in [1.54, 1.807) is 11.1 Å². The number of amides is 1. The third kappa shape index (κ3) is 8.56. The van der Waals surface area contributed by atoms with Crippen LogP contribution in [0, 0.1) is 11.2 Å². The predicted octanol–water partition coefficient (Wildman–Crippen LogP) is 3.67. The first kappa shape index (κ1) is 36.8. The molecule has 0 bridgehead atoms. The summed E-state index contributed by atoms with van der Waals surface area (Å²) < 4.78 is 61.7. The molecule has 1 amide bonds. The normalized spacial score (nSPS) is 23.3. The van der Waals surface area contributed by atoms with E-state index in [0.29, 0.717) is 44.5 Å². The van der Waals surface area contributed by atoms with Crippen molar-refractivity contribution in [2.24, 2.45) is 5.41 Å². The van der Waals surface area contributed by atoms with Gasteiger partial charge < -0.3 is 28.9 Å². The van der Waals surface area contributed by atoms with Gasteiger partial charge in [-0.05, 0) is 91.1 Å². The van der Waals surface area contributed by atoms with Gasteiger partial charge in [0.15, 0.2) is 11.6 Å². The summed E-state index contributed by atoms with van der Waals surface area (Å²) in [4.78, 5) is 28.7. The van der Waals surface area contributed by atoms with Gasteiger partial charge in [-0.15, -0.1) is 0 Å². The molecule has 2 atom stereocenters. The van der Waals surface area contributed by atoms with Crippen LogP contribution in [0.5, 0.6) is 11.5 Å². The van der Waals surface area contributed by atoms with E-state index in [-0.39, 0.29) is 46.9 Å². The third-order valence-corrected chi connectivity index (χ3v) is 12.1. The summed E-state index contributed by atoms with van der Waals surface area (Å²) in [6.07, 6.45) is 7.95. The molecule has 1 spiro atoms. The number of benzene rings is 1. The van der Waals surface area contributed by atoms with Crippen molar-refractivity contribution in [3.8, 4) is 11.5 Å². The fourth-order valence-corrected chi connectivity index (χ4v) is 9.09. The van der Waals surface area contributed by atoms with Crippen LogP contribution in [0.3, 0.4) is 0 Å². The minimum absolute atomic E-state index is 0.0668. The number of anilines is 1. The molecule has 6 rings (SSSR count). The molecule has 0 saturated carbocycles. The van der Waals surface area contributed by atoms with E-state index in [9.17, 15) is 17.6 Å². The molecule has 50 heavy (non-hydrogen) atoms. The van der Waals surface area contributed by atoms with E-state index in [1.807, 2.05) is 27.7 Å². The fraction of sp³-hybridized carbons (Fsp3) is 0.686. The number of hydrogen-bond acceptors (Lipinski definition) is 10. The lowest BCUT2D eigenvalue weighted by Crippen LogP contribution is -2.60. The molecule has 13 nitrogen and oxygen atoms in total. The van der Waals surface area contributed by atoms with E-state index < -0.39 is 16.0 Å². The maximum absolute atomic E-state index is 14.4. The van der Waals surface area contributed by atoms with Crippen LogP contribution in [0.25, 0.3) is 0 Å². The molecular formula is C35H52FN7O6S. The van der Waals surface area contributed by atoms with Gasteiger partial charge in [-0.2, -0.15) is 17.4 Å². The smallest absolute Gasteiger partial charge is 0.279 e. The molecule has 2 aromatic rings. The summed E-state index contributed by atoms with van der Waals surface area (Å²) in [6, 6.07) is 3.70. The number of carbonyl (C=O) groups is 1. The van der Waals surface area contributed by atoms with Crippen LogP contribution in [-0.4, -0.2) is 128 Å². The van der Waals surface area contributed by atoms with Gasteiger partial charge >= 0.3 is 0 Å². The Morgan fingerprint density at radius 2 is 1.80 bits per heavy atom. The van der Waals surface area contributed by atoms with E-state index >= 15 is 0 Å². The van der Waals surface area contributed by atoms with Crippen LogP contribution < -0.4 is 14.4 Å². The molecule has 0 aliphatic carbocycles. The number of hydrogen-bond donors (Lipinski definition) is 1. The second kappa shape index (κ2) is 15.7. The van der Waals surface area contributed by atoms with E-state index in [4.69, 9.17) is 14.2 Å². The Kier molecular flexibility index (Phi) is 11.6. The van der Waals surface area contributed by atoms with Gasteiger partial charge in [0.2, 0.25) is 0 Å². The average Bonchev–Trinajstić information content (AvgIpc) is 3.08. The van der Waals surface area contributed by atoms with Crippen molar-refractivity contribution in [1.29, 1.82) is 0 Å². The molecule has 1 aromatic heterocycles. The highest BCUT2D eigenvalue weighted by Gasteiger charge is 2.46. The molecule has 276 valence electrons. The lowest BCUT2D eigenvalue weighted by molar-refractivity contribution is -0.0125. The summed E-state index contributed by atoms with van der Waals surface area (Å²) in [5.41, 5.74) is 0.373. The van der Waals surface area contributed by atoms with E-state index in [2.05, 4.69) is 24.5 Å². The zero-order valence-corrected chi connectivity index (χ0v) is 30.5. The van der Waals surface area contributed by atoms with Crippen LogP contribution in [0.4, 0.5) is 10.2 Å². The molecule has 4 aliphatic rings. The molecule has 1 aromatic carbocycles. The fourth-order valence-electron chi connectivity index (χ4n) is 7.71. The van der Waals surface area contributed by atoms with Crippen molar-refractivity contribution < 1.29 is 31.8 Å². The van der Waals surface area contributed by atoms with Gasteiger partial charge in [0.25, 0.3) is 16.1 Å². The van der Waals surface area contributed by atoms with Gasteiger partial charge in [-0.25, -0.2) is 14.4 Å². The van der Waals surface area contributed by atoms with Gasteiger partial charge in [-0.1, -0.05) is 0 Å². The molecular weight excluding hydrogens is 665 g/mol. The first-order chi connectivity index (χ1) is 23.9. The highest BCUT2D eigenvalue weighted by atomic mass is 32.2. The van der Waals surface area contributed by atoms with Gasteiger partial charge in [0.1, 0.15) is 17.9 Å². The van der Waals surface area contributed by atoms with Crippen molar-refractivity contribution in [1.82, 2.24) is 28.8 Å². The van der Waals surface area contributed by atoms with E-state index in [0.717, 1.165) is 64.8 Å². The maximum Gasteiger partial charge on any atom is 0.279 e. The van der Waals surface area contributed by atoms with Crippen molar-refractivity contribution >= 4 is 21.9 Å². The molecule has 0 unspecified atom stereocenters. The summed E-state index contributed by atoms with van der Waals surface area (Å²) in [7, 11) is -3.52. The number of carbonyl (C=O) groups excluding carboxylic acids is 1. The Morgan fingerprint density at radius 3 is 2.46 bits per heavy atom. The number of aromatic nitrogens is 2. The average molecular weight is 718 g/mol. The number of nitrogens with zero attached hydrogens (tertiary/aromatic N) is 6. The van der Waals surface area contributed by atoms with Crippen LogP contribution in [-0.2, 0) is 19.7 Å². The van der Waals surface area contributed by atoms with Crippen LogP contribution >= 0.6 is 0 Å². The first-order valence-electron chi connectivity index (χ1n) is 18.0. The van der Waals surface area contributed by atoms with Crippen molar-refractivity contribution in [2.45, 2.75) is 84.0 Å². The number of piperidine rings is 1. The highest BCUT2D eigenvalue weighted by molar-refractivity contribution is 7.87.